The number of hydrogen-bond donors (Lipinski definition) is 2. The summed E-state index contributed by atoms with van der Waals surface area (Å²) in [6.07, 6.45) is 6.27. The van der Waals surface area contributed by atoms with Crippen LogP contribution in [0.1, 0.15) is 56.2 Å². The van der Waals surface area contributed by atoms with Crippen LogP contribution < -0.4 is 5.32 Å². The summed E-state index contributed by atoms with van der Waals surface area (Å²) in [6, 6.07) is 17.0. The van der Waals surface area contributed by atoms with E-state index in [1.165, 1.54) is 0 Å². The summed E-state index contributed by atoms with van der Waals surface area (Å²) >= 11 is 0. The van der Waals surface area contributed by atoms with Gasteiger partial charge in [0.05, 0.1) is 30.5 Å². The van der Waals surface area contributed by atoms with E-state index in [4.69, 9.17) is 4.74 Å². The molecule has 1 heterocycles. The van der Waals surface area contributed by atoms with Crippen LogP contribution in [0.4, 0.5) is 0 Å². The van der Waals surface area contributed by atoms with Crippen molar-refractivity contribution in [2.45, 2.75) is 71.0 Å². The zero-order valence-corrected chi connectivity index (χ0v) is 25.0. The van der Waals surface area contributed by atoms with Crippen LogP contribution >= 0.6 is 0 Å². The monoisotopic (exact) mass is 574 g/mol. The number of hydrogen-bond acceptors (Lipinski definition) is 5. The van der Waals surface area contributed by atoms with Gasteiger partial charge >= 0.3 is 5.97 Å². The summed E-state index contributed by atoms with van der Waals surface area (Å²) in [5.41, 5.74) is 3.25. The first kappa shape index (κ1) is 32.8. The molecule has 4 atom stereocenters. The fraction of sp³-hybridized carbons (Fsp3) is 0.457. The van der Waals surface area contributed by atoms with Gasteiger partial charge in [-0.2, -0.15) is 0 Å². The minimum absolute atomic E-state index is 0.0000495. The van der Waals surface area contributed by atoms with E-state index in [9.17, 15) is 19.5 Å². The van der Waals surface area contributed by atoms with E-state index in [0.717, 1.165) is 16.7 Å². The van der Waals surface area contributed by atoms with Crippen molar-refractivity contribution in [3.63, 3.8) is 0 Å². The number of esters is 1. The van der Waals surface area contributed by atoms with Crippen molar-refractivity contribution < 1.29 is 24.2 Å². The summed E-state index contributed by atoms with van der Waals surface area (Å²) < 4.78 is 5.76. The molecule has 0 saturated heterocycles. The zero-order valence-electron chi connectivity index (χ0n) is 25.0. The van der Waals surface area contributed by atoms with E-state index in [1.807, 2.05) is 68.4 Å². The number of nitrogens with one attached hydrogen (secondary N) is 1. The number of carbonyl (C=O) groups is 3. The topological polar surface area (TPSA) is 95.9 Å². The molecule has 2 aromatic rings. The van der Waals surface area contributed by atoms with Gasteiger partial charge in [0.2, 0.25) is 11.8 Å². The molecule has 7 heteroatoms. The Morgan fingerprint density at radius 1 is 1.02 bits per heavy atom. The van der Waals surface area contributed by atoms with Crippen LogP contribution in [-0.4, -0.2) is 53.1 Å². The highest BCUT2D eigenvalue weighted by molar-refractivity contribution is 5.86. The molecule has 0 radical (unpaired) electrons. The maximum atomic E-state index is 13.4. The number of ether oxygens (including phenoxy) is 1. The lowest BCUT2D eigenvalue weighted by Gasteiger charge is -2.36. The molecular weight excluding hydrogens is 528 g/mol. The van der Waals surface area contributed by atoms with Gasteiger partial charge in [-0.1, -0.05) is 80.6 Å². The highest BCUT2D eigenvalue weighted by Gasteiger charge is 2.33. The molecule has 42 heavy (non-hydrogen) atoms. The molecule has 0 unspecified atom stereocenters. The van der Waals surface area contributed by atoms with Crippen LogP contribution in [0.25, 0.3) is 0 Å². The molecule has 0 spiro atoms. The van der Waals surface area contributed by atoms with Gasteiger partial charge in [0, 0.05) is 13.0 Å². The lowest BCUT2D eigenvalue weighted by atomic mass is 9.92. The number of nitrogens with zero attached hydrogens (tertiary/aromatic N) is 1. The first-order chi connectivity index (χ1) is 20.3. The SMILES string of the molecule is C=CCC[C@H](Cc1ccccc1)C(=O)OC[C@@H](NC(=O)[C@H](CC=C)CC(=O)N1Cc2ccccc2C[C@H]1CO)C(C)C. The van der Waals surface area contributed by atoms with Crippen LogP contribution in [0.15, 0.2) is 79.9 Å². The molecule has 3 rings (SSSR count). The molecule has 0 aromatic heterocycles. The van der Waals surface area contributed by atoms with E-state index in [2.05, 4.69) is 18.5 Å². The quantitative estimate of drug-likeness (QED) is 0.217. The molecule has 1 aliphatic heterocycles. The fourth-order valence-corrected chi connectivity index (χ4v) is 5.37. The minimum atomic E-state index is -0.623. The maximum absolute atomic E-state index is 13.4. The first-order valence-electron chi connectivity index (χ1n) is 15.0. The van der Waals surface area contributed by atoms with Crippen molar-refractivity contribution in [2.75, 3.05) is 13.2 Å². The molecule has 2 amide bonds. The molecule has 0 saturated carbocycles. The van der Waals surface area contributed by atoms with Gasteiger partial charge in [0.1, 0.15) is 6.61 Å². The van der Waals surface area contributed by atoms with E-state index in [-0.39, 0.29) is 55.3 Å². The Bertz CT molecular complexity index is 1190. The fourth-order valence-electron chi connectivity index (χ4n) is 5.37. The average Bonchev–Trinajstić information content (AvgIpc) is 3.00. The largest absolute Gasteiger partial charge is 0.463 e. The van der Waals surface area contributed by atoms with Gasteiger partial charge < -0.3 is 20.1 Å². The summed E-state index contributed by atoms with van der Waals surface area (Å²) in [5, 5.41) is 13.0. The Morgan fingerprint density at radius 3 is 2.36 bits per heavy atom. The maximum Gasteiger partial charge on any atom is 0.309 e. The Kier molecular flexibility index (Phi) is 13.0. The third kappa shape index (κ3) is 9.41. The van der Waals surface area contributed by atoms with E-state index >= 15 is 0 Å². The second-order valence-electron chi connectivity index (χ2n) is 11.5. The molecule has 0 bridgehead atoms. The number of aliphatic hydroxyl groups is 1. The molecule has 226 valence electrons. The number of carbonyl (C=O) groups excluding carboxylic acids is 3. The van der Waals surface area contributed by atoms with Crippen molar-refractivity contribution in [3.05, 3.63) is 96.6 Å². The third-order valence-electron chi connectivity index (χ3n) is 8.04. The summed E-state index contributed by atoms with van der Waals surface area (Å²) in [5.74, 6) is -1.68. The van der Waals surface area contributed by atoms with E-state index in [0.29, 0.717) is 38.6 Å². The summed E-state index contributed by atoms with van der Waals surface area (Å²) in [4.78, 5) is 41.7. The number of rotatable bonds is 16. The second kappa shape index (κ2) is 16.7. The third-order valence-corrected chi connectivity index (χ3v) is 8.04. The van der Waals surface area contributed by atoms with Crippen LogP contribution in [0.2, 0.25) is 0 Å². The van der Waals surface area contributed by atoms with Crippen LogP contribution in [0, 0.1) is 17.8 Å². The van der Waals surface area contributed by atoms with Crippen LogP contribution in [-0.2, 0) is 38.5 Å². The van der Waals surface area contributed by atoms with E-state index in [1.54, 1.807) is 17.1 Å². The molecule has 2 aromatic carbocycles. The van der Waals surface area contributed by atoms with Gasteiger partial charge in [-0.15, -0.1) is 13.2 Å². The van der Waals surface area contributed by atoms with Gasteiger partial charge in [-0.05, 0) is 54.7 Å². The lowest BCUT2D eigenvalue weighted by molar-refractivity contribution is -0.150. The number of aliphatic hydroxyl groups excluding tert-OH is 1. The summed E-state index contributed by atoms with van der Waals surface area (Å²) in [6.45, 7) is 11.8. The minimum Gasteiger partial charge on any atom is -0.463 e. The van der Waals surface area contributed by atoms with Crippen LogP contribution in [0.5, 0.6) is 0 Å². The number of fused-ring (bicyclic) bond motifs is 1. The number of benzene rings is 2. The van der Waals surface area contributed by atoms with Crippen LogP contribution in [0.3, 0.4) is 0 Å². The van der Waals surface area contributed by atoms with E-state index < -0.39 is 12.0 Å². The Balaban J connectivity index is 1.63. The first-order valence-corrected chi connectivity index (χ1v) is 15.0. The smallest absolute Gasteiger partial charge is 0.309 e. The molecule has 1 aliphatic rings. The molecular formula is C35H46N2O5. The van der Waals surface area contributed by atoms with Gasteiger partial charge in [-0.3, -0.25) is 14.4 Å². The molecule has 2 N–H and O–H groups in total. The zero-order chi connectivity index (χ0) is 30.5. The highest BCUT2D eigenvalue weighted by atomic mass is 16.5. The summed E-state index contributed by atoms with van der Waals surface area (Å²) in [7, 11) is 0. The van der Waals surface area contributed by atoms with Gasteiger partial charge in [-0.25, -0.2) is 0 Å². The Labute approximate surface area is 250 Å². The average molecular weight is 575 g/mol. The van der Waals surface area contributed by atoms with Gasteiger partial charge in [0.15, 0.2) is 0 Å². The van der Waals surface area contributed by atoms with Crippen molar-refractivity contribution in [1.82, 2.24) is 10.2 Å². The van der Waals surface area contributed by atoms with Crippen molar-refractivity contribution in [2.24, 2.45) is 17.8 Å². The lowest BCUT2D eigenvalue weighted by Crippen LogP contribution is -2.49. The molecule has 7 nitrogen and oxygen atoms in total. The molecule has 0 aliphatic carbocycles. The van der Waals surface area contributed by atoms with Crippen molar-refractivity contribution in [3.8, 4) is 0 Å². The predicted octanol–water partition coefficient (Wildman–Crippen LogP) is 5.02. The van der Waals surface area contributed by atoms with Crippen molar-refractivity contribution >= 4 is 17.8 Å². The highest BCUT2D eigenvalue weighted by Crippen LogP contribution is 2.25. The molecule has 0 fully saturated rings. The number of amides is 2. The number of allylic oxidation sites excluding steroid dienone is 2. The predicted molar refractivity (Wildman–Crippen MR) is 165 cm³/mol. The normalized spacial score (nSPS) is 16.6. The Hall–Kier alpha value is -3.71. The van der Waals surface area contributed by atoms with Crippen molar-refractivity contribution in [1.29, 1.82) is 0 Å². The van der Waals surface area contributed by atoms with Gasteiger partial charge in [0.25, 0.3) is 0 Å². The second-order valence-corrected chi connectivity index (χ2v) is 11.5. The Morgan fingerprint density at radius 2 is 1.71 bits per heavy atom. The standard InChI is InChI=1S/C35H46N2O5/c1-5-7-16-29(19-26-14-9-8-10-15-26)35(41)42-24-32(25(3)4)36-34(40)28(13-6-2)21-33(39)37-22-30-18-12-11-17-27(30)20-31(37)23-38/h5-6,8-12,14-15,17-18,25,28-29,31-32,38H,1-2,7,13,16,19-24H2,3-4H3,(H,36,40)/t28-,29-,31+,32-/m1/s1.